The molecule has 6 nitrogen and oxygen atoms in total. The van der Waals surface area contributed by atoms with Crippen LogP contribution >= 0.6 is 24.0 Å². The van der Waals surface area contributed by atoms with E-state index in [-0.39, 0.29) is 6.10 Å². The molecule has 0 bridgehead atoms. The quantitative estimate of drug-likeness (QED) is 0.595. The summed E-state index contributed by atoms with van der Waals surface area (Å²) in [7, 11) is 1.58. The molecule has 0 amide bonds. The second-order valence-electron chi connectivity index (χ2n) is 7.25. The van der Waals surface area contributed by atoms with Crippen molar-refractivity contribution in [3.8, 4) is 0 Å². The molecular weight excluding hydrogens is 436 g/mol. The van der Waals surface area contributed by atoms with Gasteiger partial charge in [-0.2, -0.15) is 0 Å². The van der Waals surface area contributed by atoms with Gasteiger partial charge in [-0.25, -0.2) is 0 Å². The summed E-state index contributed by atoms with van der Waals surface area (Å²) in [5.41, 5.74) is 1.99. The fourth-order valence-corrected chi connectivity index (χ4v) is 4.08. The Morgan fingerprint density at radius 2 is 1.74 bits per heavy atom. The number of benzene rings is 2. The van der Waals surface area contributed by atoms with Crippen molar-refractivity contribution in [2.45, 2.75) is 43.6 Å². The highest BCUT2D eigenvalue weighted by Gasteiger charge is 2.52. The van der Waals surface area contributed by atoms with Crippen LogP contribution in [-0.4, -0.2) is 55.1 Å². The number of fused-ring (bicyclic) bond motifs is 1. The summed E-state index contributed by atoms with van der Waals surface area (Å²) in [6.07, 6.45) is -1.12. The lowest BCUT2D eigenvalue weighted by Crippen LogP contribution is -2.63. The average Bonchev–Trinajstić information content (AvgIpc) is 2.83. The SMILES string of the molecule is CO[C@@H]1O[C@@H]2COC(c3ccccc3)O[C@@H]2[C@H](OCc2ccccc2)[C@H]1OC(=S)SC. The Bertz CT molecular complexity index is 836. The van der Waals surface area contributed by atoms with Crippen molar-refractivity contribution in [1.29, 1.82) is 0 Å². The number of thioether (sulfide) groups is 1. The zero-order valence-corrected chi connectivity index (χ0v) is 19.1. The van der Waals surface area contributed by atoms with Crippen LogP contribution in [0.5, 0.6) is 0 Å². The predicted octanol–water partition coefficient (Wildman–Crippen LogP) is 4.09. The first kappa shape index (κ1) is 22.7. The minimum absolute atomic E-state index is 0.353. The molecule has 2 aliphatic rings. The van der Waals surface area contributed by atoms with Gasteiger partial charge >= 0.3 is 0 Å². The molecule has 0 saturated carbocycles. The van der Waals surface area contributed by atoms with Crippen LogP contribution in [0.15, 0.2) is 60.7 Å². The lowest BCUT2D eigenvalue weighted by atomic mass is 9.97. The van der Waals surface area contributed by atoms with Crippen LogP contribution < -0.4 is 0 Å². The van der Waals surface area contributed by atoms with Gasteiger partial charge in [0.15, 0.2) is 18.7 Å². The molecule has 2 fully saturated rings. The highest BCUT2D eigenvalue weighted by molar-refractivity contribution is 8.22. The average molecular weight is 463 g/mol. The molecule has 4 rings (SSSR count). The van der Waals surface area contributed by atoms with Gasteiger partial charge in [0.1, 0.15) is 18.3 Å². The van der Waals surface area contributed by atoms with E-state index < -0.39 is 30.9 Å². The Kier molecular flexibility index (Phi) is 7.95. The van der Waals surface area contributed by atoms with Gasteiger partial charge in [0.25, 0.3) is 0 Å². The van der Waals surface area contributed by atoms with Gasteiger partial charge in [-0.3, -0.25) is 0 Å². The number of hydrogen-bond acceptors (Lipinski definition) is 8. The molecule has 0 radical (unpaired) electrons. The largest absolute Gasteiger partial charge is 0.467 e. The summed E-state index contributed by atoms with van der Waals surface area (Å²) in [5, 5.41) is 0. The van der Waals surface area contributed by atoms with Crippen LogP contribution in [0.2, 0.25) is 0 Å². The summed E-state index contributed by atoms with van der Waals surface area (Å²) < 4.78 is 36.8. The molecule has 0 aliphatic carbocycles. The second kappa shape index (κ2) is 10.9. The minimum atomic E-state index is -0.660. The summed E-state index contributed by atoms with van der Waals surface area (Å²) in [5.74, 6) is 0. The summed E-state index contributed by atoms with van der Waals surface area (Å²) in [6, 6.07) is 19.8. The number of thiocarbonyl (C=S) groups is 1. The van der Waals surface area contributed by atoms with Crippen LogP contribution in [0.1, 0.15) is 17.4 Å². The molecular formula is C23H26O6S2. The van der Waals surface area contributed by atoms with Crippen molar-refractivity contribution in [2.75, 3.05) is 20.0 Å². The van der Waals surface area contributed by atoms with Crippen molar-refractivity contribution in [2.24, 2.45) is 0 Å². The third-order valence-electron chi connectivity index (χ3n) is 5.27. The van der Waals surface area contributed by atoms with Crippen molar-refractivity contribution < 1.29 is 28.4 Å². The third kappa shape index (κ3) is 5.46. The Labute approximate surface area is 192 Å². The fraction of sp³-hybridized carbons (Fsp3) is 0.435. The van der Waals surface area contributed by atoms with Gasteiger partial charge in [0.2, 0.25) is 4.38 Å². The minimum Gasteiger partial charge on any atom is -0.467 e. The van der Waals surface area contributed by atoms with E-state index in [1.54, 1.807) is 7.11 Å². The molecule has 2 aromatic rings. The van der Waals surface area contributed by atoms with Crippen molar-refractivity contribution in [1.82, 2.24) is 0 Å². The predicted molar refractivity (Wildman–Crippen MR) is 122 cm³/mol. The van der Waals surface area contributed by atoms with Crippen LogP contribution in [0.3, 0.4) is 0 Å². The Hall–Kier alpha value is -1.52. The molecule has 2 saturated heterocycles. The molecule has 8 heteroatoms. The lowest BCUT2D eigenvalue weighted by Gasteiger charge is -2.48. The number of hydrogen-bond donors (Lipinski definition) is 0. The van der Waals surface area contributed by atoms with Crippen molar-refractivity contribution in [3.63, 3.8) is 0 Å². The zero-order chi connectivity index (χ0) is 21.6. The molecule has 6 atom stereocenters. The third-order valence-corrected chi connectivity index (χ3v) is 6.30. The summed E-state index contributed by atoms with van der Waals surface area (Å²) in [4.78, 5) is 0. The van der Waals surface area contributed by atoms with Gasteiger partial charge in [-0.1, -0.05) is 72.4 Å². The molecule has 166 valence electrons. The maximum atomic E-state index is 6.38. The first-order valence-electron chi connectivity index (χ1n) is 10.1. The Morgan fingerprint density at radius 1 is 1.03 bits per heavy atom. The molecule has 2 heterocycles. The molecule has 31 heavy (non-hydrogen) atoms. The van der Waals surface area contributed by atoms with E-state index in [1.165, 1.54) is 11.8 Å². The highest BCUT2D eigenvalue weighted by Crippen LogP contribution is 2.37. The number of methoxy groups -OCH3 is 1. The van der Waals surface area contributed by atoms with Crippen LogP contribution in [0.25, 0.3) is 0 Å². The standard InChI is InChI=1S/C23H26O6S2/c1-24-22-20(29-23(30)31-2)19(25-13-15-9-5-3-6-10-15)18-17(27-22)14-26-21(28-18)16-11-7-4-8-12-16/h3-12,17-22H,13-14H2,1-2H3/t17-,18+,19+,20-,21?,22-/m1/s1. The first-order chi connectivity index (χ1) is 15.2. The first-order valence-corrected chi connectivity index (χ1v) is 11.7. The van der Waals surface area contributed by atoms with Crippen LogP contribution in [-0.2, 0) is 35.0 Å². The lowest BCUT2D eigenvalue weighted by molar-refractivity contribution is -0.361. The van der Waals surface area contributed by atoms with E-state index in [1.807, 2.05) is 66.9 Å². The van der Waals surface area contributed by atoms with Crippen molar-refractivity contribution in [3.05, 3.63) is 71.8 Å². The molecule has 0 aromatic heterocycles. The van der Waals surface area contributed by atoms with Crippen LogP contribution in [0.4, 0.5) is 0 Å². The monoisotopic (exact) mass is 462 g/mol. The van der Waals surface area contributed by atoms with Gasteiger partial charge in [-0.15, -0.1) is 0 Å². The van der Waals surface area contributed by atoms with Gasteiger partial charge in [0, 0.05) is 12.7 Å². The molecule has 0 N–H and O–H groups in total. The smallest absolute Gasteiger partial charge is 0.220 e. The number of rotatable bonds is 6. The maximum Gasteiger partial charge on any atom is 0.220 e. The van der Waals surface area contributed by atoms with E-state index >= 15 is 0 Å². The molecule has 1 unspecified atom stereocenters. The Morgan fingerprint density at radius 3 is 2.42 bits per heavy atom. The van der Waals surface area contributed by atoms with Crippen LogP contribution in [0, 0.1) is 0 Å². The van der Waals surface area contributed by atoms with E-state index in [2.05, 4.69) is 0 Å². The normalized spacial score (nSPS) is 30.4. The van der Waals surface area contributed by atoms with E-state index in [9.17, 15) is 0 Å². The van der Waals surface area contributed by atoms with Gasteiger partial charge in [0.05, 0.1) is 13.2 Å². The summed E-state index contributed by atoms with van der Waals surface area (Å²) >= 11 is 6.67. The molecule has 2 aromatic carbocycles. The van der Waals surface area contributed by atoms with E-state index in [4.69, 9.17) is 40.6 Å². The maximum absolute atomic E-state index is 6.38. The molecule has 2 aliphatic heterocycles. The van der Waals surface area contributed by atoms with Crippen molar-refractivity contribution >= 4 is 28.4 Å². The van der Waals surface area contributed by atoms with E-state index in [0.29, 0.717) is 17.6 Å². The summed E-state index contributed by atoms with van der Waals surface area (Å²) in [6.45, 7) is 0.756. The topological polar surface area (TPSA) is 55.4 Å². The molecule has 0 spiro atoms. The zero-order valence-electron chi connectivity index (χ0n) is 17.4. The fourth-order valence-electron chi connectivity index (χ4n) is 3.76. The second-order valence-corrected chi connectivity index (χ2v) is 8.66. The van der Waals surface area contributed by atoms with E-state index in [0.717, 1.165) is 11.1 Å². The Balaban J connectivity index is 1.58. The van der Waals surface area contributed by atoms with Gasteiger partial charge < -0.3 is 28.4 Å². The number of ether oxygens (including phenoxy) is 6. The van der Waals surface area contributed by atoms with Gasteiger partial charge in [-0.05, 0) is 24.0 Å². The highest BCUT2D eigenvalue weighted by atomic mass is 32.2.